The van der Waals surface area contributed by atoms with Crippen LogP contribution < -0.4 is 5.32 Å². The quantitative estimate of drug-likeness (QED) is 0.592. The number of benzene rings is 1. The molecule has 1 aromatic rings. The van der Waals surface area contributed by atoms with Gasteiger partial charge >= 0.3 is 11.9 Å². The Labute approximate surface area is 158 Å². The summed E-state index contributed by atoms with van der Waals surface area (Å²) in [5.74, 6) is -3.40. The van der Waals surface area contributed by atoms with Crippen LogP contribution in [-0.4, -0.2) is 69.8 Å². The van der Waals surface area contributed by atoms with Crippen LogP contribution in [0.3, 0.4) is 0 Å². The molecule has 27 heavy (non-hydrogen) atoms. The zero-order valence-electron chi connectivity index (χ0n) is 14.2. The number of methoxy groups -OCH3 is 1. The predicted octanol–water partition coefficient (Wildman–Crippen LogP) is 0.383. The van der Waals surface area contributed by atoms with Crippen molar-refractivity contribution in [3.05, 3.63) is 46.7 Å². The van der Waals surface area contributed by atoms with Crippen LogP contribution in [0.4, 0.5) is 0 Å². The van der Waals surface area contributed by atoms with Crippen molar-refractivity contribution < 1.29 is 34.1 Å². The number of aliphatic carboxylic acids is 1. The molecule has 2 aliphatic rings. The maximum absolute atomic E-state index is 12.5. The molecule has 2 atom stereocenters. The van der Waals surface area contributed by atoms with E-state index in [1.54, 1.807) is 0 Å². The molecule has 0 aliphatic carbocycles. The van der Waals surface area contributed by atoms with E-state index >= 15 is 0 Å². The second-order valence-corrected chi connectivity index (χ2v) is 7.01. The molecule has 3 N–H and O–H groups in total. The molecule has 3 rings (SSSR count). The lowest BCUT2D eigenvalue weighted by atomic mass is 10.0. The molecule has 1 unspecified atom stereocenters. The summed E-state index contributed by atoms with van der Waals surface area (Å²) in [6, 6.07) is 4.74. The molecule has 0 radical (unpaired) electrons. The summed E-state index contributed by atoms with van der Waals surface area (Å²) in [4.78, 5) is 48.9. The van der Waals surface area contributed by atoms with Crippen LogP contribution in [-0.2, 0) is 14.3 Å². The van der Waals surface area contributed by atoms with Crippen LogP contribution in [0.25, 0.3) is 0 Å². The van der Waals surface area contributed by atoms with Crippen LogP contribution >= 0.6 is 11.8 Å². The van der Waals surface area contributed by atoms with E-state index < -0.39 is 35.2 Å². The Morgan fingerprint density at radius 3 is 2.48 bits per heavy atom. The van der Waals surface area contributed by atoms with Gasteiger partial charge in [0.2, 0.25) is 0 Å². The number of rotatable bonds is 6. The number of carbonyl (C=O) groups is 4. The highest BCUT2D eigenvalue weighted by Gasteiger charge is 2.54. The van der Waals surface area contributed by atoms with Crippen molar-refractivity contribution in [1.82, 2.24) is 10.2 Å². The first-order valence-electron chi connectivity index (χ1n) is 7.89. The van der Waals surface area contributed by atoms with Crippen molar-refractivity contribution >= 4 is 35.5 Å². The largest absolute Gasteiger partial charge is 0.478 e. The van der Waals surface area contributed by atoms with Gasteiger partial charge in [0, 0.05) is 12.9 Å². The zero-order valence-corrected chi connectivity index (χ0v) is 15.0. The topological polar surface area (TPSA) is 133 Å². The third-order valence-corrected chi connectivity index (χ3v) is 5.60. The number of nitrogens with one attached hydrogen (secondary N) is 1. The number of fused-ring (bicyclic) bond motifs is 1. The fraction of sp³-hybridized carbons (Fsp3) is 0.294. The molecule has 0 bridgehead atoms. The monoisotopic (exact) mass is 392 g/mol. The van der Waals surface area contributed by atoms with E-state index in [4.69, 9.17) is 4.74 Å². The molecule has 9 nitrogen and oxygen atoms in total. The van der Waals surface area contributed by atoms with Crippen molar-refractivity contribution in [1.29, 1.82) is 0 Å². The SMILES string of the molecule is COCC1=C(C(=O)O)N2C(=O)C(NC(=O)c3ccccc3C(=O)O)[C@H]2SC1. The number of thioether (sulfide) groups is 1. The first-order chi connectivity index (χ1) is 12.9. The van der Waals surface area contributed by atoms with Gasteiger partial charge in [-0.25, -0.2) is 9.59 Å². The van der Waals surface area contributed by atoms with Crippen molar-refractivity contribution in [3.63, 3.8) is 0 Å². The third kappa shape index (κ3) is 3.28. The number of hydrogen-bond acceptors (Lipinski definition) is 6. The third-order valence-electron chi connectivity index (χ3n) is 4.26. The van der Waals surface area contributed by atoms with Crippen LogP contribution in [0.2, 0.25) is 0 Å². The minimum absolute atomic E-state index is 0.0638. The van der Waals surface area contributed by atoms with Gasteiger partial charge in [0.25, 0.3) is 11.8 Å². The highest BCUT2D eigenvalue weighted by Crippen LogP contribution is 2.40. The lowest BCUT2D eigenvalue weighted by molar-refractivity contribution is -0.148. The molecule has 1 saturated heterocycles. The second-order valence-electron chi connectivity index (χ2n) is 5.90. The molecular weight excluding hydrogens is 376 g/mol. The molecule has 0 spiro atoms. The number of carboxylic acid groups (broad SMARTS) is 2. The number of ether oxygens (including phenoxy) is 1. The van der Waals surface area contributed by atoms with E-state index in [1.165, 1.54) is 43.1 Å². The van der Waals surface area contributed by atoms with Crippen LogP contribution in [0.15, 0.2) is 35.5 Å². The number of hydrogen-bond donors (Lipinski definition) is 3. The molecule has 2 heterocycles. The van der Waals surface area contributed by atoms with Gasteiger partial charge in [0.15, 0.2) is 0 Å². The Morgan fingerprint density at radius 1 is 1.22 bits per heavy atom. The Bertz CT molecular complexity index is 867. The van der Waals surface area contributed by atoms with E-state index in [1.807, 2.05) is 0 Å². The summed E-state index contributed by atoms with van der Waals surface area (Å²) >= 11 is 1.31. The molecule has 1 fully saturated rings. The molecular formula is C17H16N2O7S. The fourth-order valence-electron chi connectivity index (χ4n) is 3.06. The van der Waals surface area contributed by atoms with E-state index in [2.05, 4.69) is 5.32 Å². The van der Waals surface area contributed by atoms with Crippen LogP contribution in [0.5, 0.6) is 0 Å². The van der Waals surface area contributed by atoms with E-state index in [-0.39, 0.29) is 23.4 Å². The predicted molar refractivity (Wildman–Crippen MR) is 94.3 cm³/mol. The van der Waals surface area contributed by atoms with Gasteiger partial charge < -0.3 is 20.3 Å². The van der Waals surface area contributed by atoms with E-state index in [0.29, 0.717) is 11.3 Å². The smallest absolute Gasteiger partial charge is 0.352 e. The van der Waals surface area contributed by atoms with Gasteiger partial charge in [0.05, 0.1) is 17.7 Å². The number of carboxylic acids is 2. The molecule has 142 valence electrons. The standard InChI is InChI=1S/C17H16N2O7S/c1-26-6-8-7-27-15-11(14(21)19(15)12(8)17(24)25)18-13(20)9-4-2-3-5-10(9)16(22)23/h2-5,11,15H,6-7H2,1H3,(H,18,20)(H,22,23)(H,24,25)/t11?,15-/m1/s1. The maximum atomic E-state index is 12.5. The Hall–Kier alpha value is -2.85. The number of aromatic carboxylic acids is 1. The zero-order chi connectivity index (χ0) is 19.7. The lowest BCUT2D eigenvalue weighted by Gasteiger charge is -2.49. The molecule has 2 amide bonds. The summed E-state index contributed by atoms with van der Waals surface area (Å²) in [6.07, 6.45) is 0. The highest BCUT2D eigenvalue weighted by molar-refractivity contribution is 8.00. The molecule has 1 aromatic carbocycles. The number of carbonyl (C=O) groups excluding carboxylic acids is 2. The second kappa shape index (κ2) is 7.41. The summed E-state index contributed by atoms with van der Waals surface area (Å²) < 4.78 is 4.99. The maximum Gasteiger partial charge on any atom is 0.352 e. The van der Waals surface area contributed by atoms with Crippen molar-refractivity contribution in [2.45, 2.75) is 11.4 Å². The first-order valence-corrected chi connectivity index (χ1v) is 8.93. The summed E-state index contributed by atoms with van der Waals surface area (Å²) in [5.41, 5.74) is 0.122. The van der Waals surface area contributed by atoms with E-state index in [0.717, 1.165) is 4.90 Å². The van der Waals surface area contributed by atoms with Gasteiger partial charge in [-0.05, 0) is 17.7 Å². The van der Waals surface area contributed by atoms with Crippen LogP contribution in [0.1, 0.15) is 20.7 Å². The number of amides is 2. The molecule has 0 saturated carbocycles. The number of nitrogens with zero attached hydrogens (tertiary/aromatic N) is 1. The minimum Gasteiger partial charge on any atom is -0.478 e. The summed E-state index contributed by atoms with van der Waals surface area (Å²) in [5, 5.41) is 20.6. The Kier molecular flexibility index (Phi) is 5.19. The average Bonchev–Trinajstić information content (AvgIpc) is 2.65. The van der Waals surface area contributed by atoms with Gasteiger partial charge in [0.1, 0.15) is 17.1 Å². The highest BCUT2D eigenvalue weighted by atomic mass is 32.2. The Balaban J connectivity index is 1.81. The first kappa shape index (κ1) is 18.9. The van der Waals surface area contributed by atoms with Gasteiger partial charge in [-0.15, -0.1) is 11.8 Å². The number of β-lactam (4-membered cyclic amide) rings is 1. The van der Waals surface area contributed by atoms with Crippen molar-refractivity contribution in [2.75, 3.05) is 19.5 Å². The Morgan fingerprint density at radius 2 is 1.89 bits per heavy atom. The summed E-state index contributed by atoms with van der Waals surface area (Å²) in [7, 11) is 1.43. The van der Waals surface area contributed by atoms with Crippen molar-refractivity contribution in [2.24, 2.45) is 0 Å². The normalized spacial score (nSPS) is 21.4. The van der Waals surface area contributed by atoms with Crippen LogP contribution in [0, 0.1) is 0 Å². The average molecular weight is 392 g/mol. The lowest BCUT2D eigenvalue weighted by Crippen LogP contribution is -2.70. The minimum atomic E-state index is -1.25. The van der Waals surface area contributed by atoms with Gasteiger partial charge in [-0.3, -0.25) is 14.5 Å². The van der Waals surface area contributed by atoms with Gasteiger partial charge in [-0.1, -0.05) is 12.1 Å². The van der Waals surface area contributed by atoms with E-state index in [9.17, 15) is 29.4 Å². The summed E-state index contributed by atoms with van der Waals surface area (Å²) in [6.45, 7) is 0.0914. The molecule has 0 aromatic heterocycles. The molecule has 10 heteroatoms. The van der Waals surface area contributed by atoms with Crippen molar-refractivity contribution in [3.8, 4) is 0 Å². The van der Waals surface area contributed by atoms with Gasteiger partial charge in [-0.2, -0.15) is 0 Å². The fourth-order valence-corrected chi connectivity index (χ4v) is 4.38. The molecule has 2 aliphatic heterocycles.